The lowest BCUT2D eigenvalue weighted by Gasteiger charge is -2.20. The monoisotopic (exact) mass is 266 g/mol. The summed E-state index contributed by atoms with van der Waals surface area (Å²) in [7, 11) is 0. The molecule has 0 spiro atoms. The standard InChI is InChI=1S/C8H14Cl4O/c1-2-7(3-6(11)4-9)13-8(12)5-10/h6-8H,2-5H2,1H3. The zero-order valence-electron chi connectivity index (χ0n) is 7.48. The maximum atomic E-state index is 5.88. The van der Waals surface area contributed by atoms with E-state index >= 15 is 0 Å². The van der Waals surface area contributed by atoms with Crippen molar-refractivity contribution in [3.63, 3.8) is 0 Å². The van der Waals surface area contributed by atoms with Gasteiger partial charge in [0.1, 0.15) is 5.56 Å². The van der Waals surface area contributed by atoms with Gasteiger partial charge < -0.3 is 4.74 Å². The van der Waals surface area contributed by atoms with Gasteiger partial charge in [0.05, 0.1) is 12.0 Å². The van der Waals surface area contributed by atoms with E-state index in [9.17, 15) is 0 Å². The van der Waals surface area contributed by atoms with E-state index in [1.165, 1.54) is 0 Å². The molecule has 0 aliphatic rings. The molecule has 3 unspecified atom stereocenters. The predicted molar refractivity (Wildman–Crippen MR) is 60.5 cm³/mol. The van der Waals surface area contributed by atoms with Gasteiger partial charge in [-0.2, -0.15) is 0 Å². The first kappa shape index (κ1) is 14.1. The van der Waals surface area contributed by atoms with Crippen molar-refractivity contribution < 1.29 is 4.74 Å². The largest absolute Gasteiger partial charge is 0.358 e. The zero-order chi connectivity index (χ0) is 10.3. The summed E-state index contributed by atoms with van der Waals surface area (Å²) < 4.78 is 5.41. The van der Waals surface area contributed by atoms with Crippen molar-refractivity contribution >= 4 is 46.4 Å². The van der Waals surface area contributed by atoms with Gasteiger partial charge in [-0.3, -0.25) is 0 Å². The highest BCUT2D eigenvalue weighted by Crippen LogP contribution is 2.16. The Balaban J connectivity index is 3.74. The molecule has 0 aromatic rings. The van der Waals surface area contributed by atoms with E-state index in [0.29, 0.717) is 12.3 Å². The van der Waals surface area contributed by atoms with E-state index in [1.54, 1.807) is 0 Å². The van der Waals surface area contributed by atoms with Crippen molar-refractivity contribution in [3.05, 3.63) is 0 Å². The molecule has 0 aromatic heterocycles. The first-order chi connectivity index (χ1) is 6.13. The lowest BCUT2D eigenvalue weighted by atomic mass is 10.1. The SMILES string of the molecule is CCC(CC(Cl)CCl)OC(Cl)CCl. The molecule has 13 heavy (non-hydrogen) atoms. The molecule has 0 rings (SSSR count). The van der Waals surface area contributed by atoms with Gasteiger partial charge in [-0.1, -0.05) is 18.5 Å². The van der Waals surface area contributed by atoms with Crippen molar-refractivity contribution in [1.82, 2.24) is 0 Å². The molecule has 0 saturated carbocycles. The molecular formula is C8H14Cl4O. The van der Waals surface area contributed by atoms with E-state index in [4.69, 9.17) is 51.1 Å². The van der Waals surface area contributed by atoms with Gasteiger partial charge >= 0.3 is 0 Å². The molecule has 3 atom stereocenters. The summed E-state index contributed by atoms with van der Waals surface area (Å²) in [6.45, 7) is 2.01. The third-order valence-electron chi connectivity index (χ3n) is 1.60. The average molecular weight is 268 g/mol. The molecule has 0 bridgehead atoms. The summed E-state index contributed by atoms with van der Waals surface area (Å²) in [6, 6.07) is 0. The van der Waals surface area contributed by atoms with E-state index in [0.717, 1.165) is 6.42 Å². The van der Waals surface area contributed by atoms with Crippen LogP contribution >= 0.6 is 46.4 Å². The quantitative estimate of drug-likeness (QED) is 0.638. The van der Waals surface area contributed by atoms with Crippen LogP contribution in [0.3, 0.4) is 0 Å². The van der Waals surface area contributed by atoms with Gasteiger partial charge in [-0.15, -0.1) is 34.8 Å². The molecule has 1 nitrogen and oxygen atoms in total. The van der Waals surface area contributed by atoms with Gasteiger partial charge in [-0.25, -0.2) is 0 Å². The number of hydrogen-bond acceptors (Lipinski definition) is 1. The number of hydrogen-bond donors (Lipinski definition) is 0. The van der Waals surface area contributed by atoms with Crippen LogP contribution in [0.2, 0.25) is 0 Å². The Kier molecular flexibility index (Phi) is 9.16. The van der Waals surface area contributed by atoms with Crippen LogP contribution in [-0.2, 0) is 4.74 Å². The second-order valence-electron chi connectivity index (χ2n) is 2.72. The maximum absolute atomic E-state index is 5.88. The van der Waals surface area contributed by atoms with Crippen molar-refractivity contribution in [1.29, 1.82) is 0 Å². The third-order valence-corrected chi connectivity index (χ3v) is 3.16. The lowest BCUT2D eigenvalue weighted by molar-refractivity contribution is 0.0339. The molecule has 0 N–H and O–H groups in total. The Morgan fingerprint density at radius 3 is 2.15 bits per heavy atom. The Labute approximate surface area is 99.6 Å². The van der Waals surface area contributed by atoms with Crippen molar-refractivity contribution in [2.75, 3.05) is 11.8 Å². The van der Waals surface area contributed by atoms with Gasteiger partial charge in [0.2, 0.25) is 0 Å². The molecule has 0 aliphatic heterocycles. The summed E-state index contributed by atoms with van der Waals surface area (Å²) in [4.78, 5) is 0. The van der Waals surface area contributed by atoms with Crippen LogP contribution in [0, 0.1) is 0 Å². The molecule has 0 aromatic carbocycles. The lowest BCUT2D eigenvalue weighted by Crippen LogP contribution is -2.22. The molecule has 0 aliphatic carbocycles. The van der Waals surface area contributed by atoms with Gasteiger partial charge in [0.15, 0.2) is 0 Å². The zero-order valence-corrected chi connectivity index (χ0v) is 10.5. The van der Waals surface area contributed by atoms with Crippen LogP contribution < -0.4 is 0 Å². The summed E-state index contributed by atoms with van der Waals surface area (Å²) in [6.07, 6.45) is 1.62. The normalized spacial score (nSPS) is 18.2. The molecule has 0 heterocycles. The molecular weight excluding hydrogens is 254 g/mol. The van der Waals surface area contributed by atoms with E-state index < -0.39 is 5.56 Å². The second-order valence-corrected chi connectivity index (χ2v) is 4.44. The molecule has 0 fully saturated rings. The highest BCUT2D eigenvalue weighted by atomic mass is 35.5. The average Bonchev–Trinajstić information content (AvgIpc) is 2.16. The Hall–Kier alpha value is 1.12. The summed E-state index contributed by atoms with van der Waals surface area (Å²) in [5.74, 6) is 0.709. The Morgan fingerprint density at radius 1 is 1.15 bits per heavy atom. The third kappa shape index (κ3) is 7.10. The molecule has 0 amide bonds. The smallest absolute Gasteiger partial charge is 0.144 e. The van der Waals surface area contributed by atoms with E-state index in [2.05, 4.69) is 0 Å². The van der Waals surface area contributed by atoms with Crippen LogP contribution in [-0.4, -0.2) is 28.8 Å². The van der Waals surface area contributed by atoms with Crippen molar-refractivity contribution in [2.45, 2.75) is 36.8 Å². The van der Waals surface area contributed by atoms with Gasteiger partial charge in [-0.05, 0) is 12.8 Å². The fourth-order valence-electron chi connectivity index (χ4n) is 0.912. The van der Waals surface area contributed by atoms with Crippen molar-refractivity contribution in [3.8, 4) is 0 Å². The topological polar surface area (TPSA) is 9.23 Å². The first-order valence-corrected chi connectivity index (χ1v) is 6.13. The van der Waals surface area contributed by atoms with E-state index in [-0.39, 0.29) is 17.4 Å². The minimum Gasteiger partial charge on any atom is -0.358 e. The number of ether oxygens (including phenoxy) is 1. The first-order valence-electron chi connectivity index (χ1n) is 4.19. The van der Waals surface area contributed by atoms with Crippen LogP contribution in [0.15, 0.2) is 0 Å². The van der Waals surface area contributed by atoms with E-state index in [1.807, 2.05) is 6.92 Å². The minimum atomic E-state index is -0.439. The number of alkyl halides is 4. The molecule has 0 radical (unpaired) electrons. The highest BCUT2D eigenvalue weighted by Gasteiger charge is 2.16. The van der Waals surface area contributed by atoms with Crippen LogP contribution in [0.4, 0.5) is 0 Å². The fraction of sp³-hybridized carbons (Fsp3) is 1.00. The maximum Gasteiger partial charge on any atom is 0.144 e. The Bertz CT molecular complexity index is 111. The Morgan fingerprint density at radius 2 is 1.77 bits per heavy atom. The van der Waals surface area contributed by atoms with Crippen LogP contribution in [0.5, 0.6) is 0 Å². The van der Waals surface area contributed by atoms with Gasteiger partial charge in [0, 0.05) is 11.3 Å². The second kappa shape index (κ2) is 8.43. The highest BCUT2D eigenvalue weighted by molar-refractivity contribution is 6.28. The minimum absolute atomic E-state index is 0.0440. The van der Waals surface area contributed by atoms with Gasteiger partial charge in [0.25, 0.3) is 0 Å². The van der Waals surface area contributed by atoms with Crippen molar-refractivity contribution in [2.24, 2.45) is 0 Å². The fourth-order valence-corrected chi connectivity index (χ4v) is 1.45. The predicted octanol–water partition coefficient (Wildman–Crippen LogP) is 3.82. The van der Waals surface area contributed by atoms with Crippen LogP contribution in [0.25, 0.3) is 0 Å². The molecule has 0 saturated heterocycles. The summed E-state index contributed by atoms with van der Waals surface area (Å²) in [5.41, 5.74) is -0.439. The summed E-state index contributed by atoms with van der Waals surface area (Å²) >= 11 is 22.7. The molecule has 80 valence electrons. The number of halogens is 4. The summed E-state index contributed by atoms with van der Waals surface area (Å²) in [5, 5.41) is -0.0641. The number of rotatable bonds is 7. The van der Waals surface area contributed by atoms with Crippen LogP contribution in [0.1, 0.15) is 19.8 Å². The molecule has 5 heteroatoms.